The van der Waals surface area contributed by atoms with Gasteiger partial charge in [0.05, 0.1) is 5.25 Å². The molecule has 0 saturated carbocycles. The van der Waals surface area contributed by atoms with Gasteiger partial charge in [0, 0.05) is 22.5 Å². The molecule has 1 aliphatic carbocycles. The fraction of sp³-hybridized carbons (Fsp3) is 0.350. The summed E-state index contributed by atoms with van der Waals surface area (Å²) < 4.78 is 0. The zero-order chi connectivity index (χ0) is 18.1. The van der Waals surface area contributed by atoms with Gasteiger partial charge in [-0.1, -0.05) is 30.0 Å². The van der Waals surface area contributed by atoms with Crippen LogP contribution in [0.3, 0.4) is 0 Å². The second-order valence-corrected chi connectivity index (χ2v) is 8.81. The Morgan fingerprint density at radius 2 is 2.08 bits per heavy atom. The largest absolute Gasteiger partial charge is 0.312 e. The summed E-state index contributed by atoms with van der Waals surface area (Å²) in [5.41, 5.74) is 2.35. The third-order valence-electron chi connectivity index (χ3n) is 4.75. The van der Waals surface area contributed by atoms with Crippen molar-refractivity contribution in [3.8, 4) is 0 Å². The molecule has 2 aromatic heterocycles. The highest BCUT2D eigenvalue weighted by atomic mass is 32.2. The van der Waals surface area contributed by atoms with Gasteiger partial charge in [-0.2, -0.15) is 0 Å². The van der Waals surface area contributed by atoms with Crippen molar-refractivity contribution in [2.75, 3.05) is 11.4 Å². The van der Waals surface area contributed by atoms with Crippen molar-refractivity contribution >= 4 is 44.9 Å². The number of aryl methyl sites for hydroxylation is 2. The van der Waals surface area contributed by atoms with E-state index in [0.717, 1.165) is 28.4 Å². The number of fused-ring (bicyclic) bond motifs is 3. The normalized spacial score (nSPS) is 14.4. The lowest BCUT2D eigenvalue weighted by atomic mass is 10.2. The molecule has 0 spiro atoms. The van der Waals surface area contributed by atoms with Crippen LogP contribution in [0.5, 0.6) is 0 Å². The Balaban J connectivity index is 1.61. The molecule has 1 amide bonds. The average Bonchev–Trinajstić information content (AvgIpc) is 3.24. The lowest BCUT2D eigenvalue weighted by Crippen LogP contribution is -2.36. The summed E-state index contributed by atoms with van der Waals surface area (Å²) in [6, 6.07) is 9.85. The molecule has 1 aliphatic rings. The van der Waals surface area contributed by atoms with Crippen molar-refractivity contribution in [1.29, 1.82) is 0 Å². The molecule has 0 bridgehead atoms. The maximum Gasteiger partial charge on any atom is 0.240 e. The van der Waals surface area contributed by atoms with E-state index in [0.29, 0.717) is 6.54 Å². The van der Waals surface area contributed by atoms with Crippen molar-refractivity contribution in [2.45, 2.75) is 43.4 Å². The van der Waals surface area contributed by atoms with Crippen molar-refractivity contribution in [3.63, 3.8) is 0 Å². The van der Waals surface area contributed by atoms with Gasteiger partial charge in [-0.15, -0.1) is 11.3 Å². The van der Waals surface area contributed by atoms with Gasteiger partial charge in [-0.3, -0.25) is 4.79 Å². The Hall–Kier alpha value is -1.92. The molecule has 6 heteroatoms. The Bertz CT molecular complexity index is 939. The molecule has 1 atom stereocenters. The third-order valence-corrected chi connectivity index (χ3v) is 7.04. The van der Waals surface area contributed by atoms with E-state index in [1.165, 1.54) is 22.2 Å². The Labute approximate surface area is 161 Å². The van der Waals surface area contributed by atoms with Gasteiger partial charge in [0.25, 0.3) is 0 Å². The number of benzene rings is 1. The maximum atomic E-state index is 13.1. The van der Waals surface area contributed by atoms with E-state index in [1.54, 1.807) is 29.4 Å². The van der Waals surface area contributed by atoms with Gasteiger partial charge in [-0.05, 0) is 50.8 Å². The molecule has 4 nitrogen and oxygen atoms in total. The summed E-state index contributed by atoms with van der Waals surface area (Å²) in [6.07, 6.45) is 5.08. The first-order valence-corrected chi connectivity index (χ1v) is 10.7. The lowest BCUT2D eigenvalue weighted by Gasteiger charge is -2.24. The number of para-hydroxylation sites is 1. The smallest absolute Gasteiger partial charge is 0.240 e. The first-order valence-electron chi connectivity index (χ1n) is 8.97. The van der Waals surface area contributed by atoms with E-state index < -0.39 is 0 Å². The minimum atomic E-state index is -0.204. The lowest BCUT2D eigenvalue weighted by molar-refractivity contribution is -0.117. The van der Waals surface area contributed by atoms with Gasteiger partial charge in [0.1, 0.15) is 16.2 Å². The molecule has 0 N–H and O–H groups in total. The fourth-order valence-electron chi connectivity index (χ4n) is 3.50. The third kappa shape index (κ3) is 3.12. The van der Waals surface area contributed by atoms with Crippen LogP contribution in [0.2, 0.25) is 0 Å². The van der Waals surface area contributed by atoms with Gasteiger partial charge in [0.15, 0.2) is 0 Å². The molecular formula is C20H21N3OS2. The van der Waals surface area contributed by atoms with Crippen molar-refractivity contribution in [1.82, 2.24) is 9.97 Å². The van der Waals surface area contributed by atoms with Crippen LogP contribution in [0.1, 0.15) is 30.7 Å². The van der Waals surface area contributed by atoms with Crippen LogP contribution in [0.15, 0.2) is 41.7 Å². The number of carbonyl (C=O) groups is 1. The predicted octanol–water partition coefficient (Wildman–Crippen LogP) is 4.71. The number of thiophene rings is 1. The molecule has 2 heterocycles. The van der Waals surface area contributed by atoms with Crippen molar-refractivity contribution < 1.29 is 4.79 Å². The van der Waals surface area contributed by atoms with E-state index in [9.17, 15) is 4.79 Å². The van der Waals surface area contributed by atoms with Crippen LogP contribution >= 0.6 is 23.1 Å². The zero-order valence-corrected chi connectivity index (χ0v) is 16.6. The number of hydrogen-bond acceptors (Lipinski definition) is 5. The number of rotatable bonds is 5. The maximum absolute atomic E-state index is 13.1. The van der Waals surface area contributed by atoms with Gasteiger partial charge in [0.2, 0.25) is 5.91 Å². The molecule has 1 aromatic carbocycles. The van der Waals surface area contributed by atoms with Gasteiger partial charge < -0.3 is 4.90 Å². The van der Waals surface area contributed by atoms with Crippen LogP contribution in [0, 0.1) is 0 Å². The molecule has 4 rings (SSSR count). The number of anilines is 1. The summed E-state index contributed by atoms with van der Waals surface area (Å²) in [4.78, 5) is 26.4. The summed E-state index contributed by atoms with van der Waals surface area (Å²) >= 11 is 3.34. The van der Waals surface area contributed by atoms with Crippen LogP contribution in [0.25, 0.3) is 10.2 Å². The molecule has 3 aromatic rings. The molecule has 134 valence electrons. The van der Waals surface area contributed by atoms with Crippen LogP contribution in [-0.2, 0) is 17.6 Å². The summed E-state index contributed by atoms with van der Waals surface area (Å²) in [5.74, 6) is 0.113. The summed E-state index contributed by atoms with van der Waals surface area (Å²) in [6.45, 7) is 4.64. The number of amides is 1. The number of hydrogen-bond donors (Lipinski definition) is 0. The van der Waals surface area contributed by atoms with Gasteiger partial charge in [-0.25, -0.2) is 9.97 Å². The predicted molar refractivity (Wildman–Crippen MR) is 109 cm³/mol. The monoisotopic (exact) mass is 383 g/mol. The summed E-state index contributed by atoms with van der Waals surface area (Å²) in [7, 11) is 0. The molecule has 26 heavy (non-hydrogen) atoms. The molecule has 0 fully saturated rings. The molecule has 0 unspecified atom stereocenters. The molecule has 0 saturated heterocycles. The van der Waals surface area contributed by atoms with Crippen LogP contribution in [0.4, 0.5) is 5.69 Å². The minimum absolute atomic E-state index is 0.113. The van der Waals surface area contributed by atoms with Crippen LogP contribution < -0.4 is 4.90 Å². The zero-order valence-electron chi connectivity index (χ0n) is 14.9. The standard InChI is InChI=1S/C20H21N3OS2/c1-3-23(14-8-5-4-6-9-14)20(24)13(2)25-18-17-15-10-7-11-16(15)26-19(17)22-12-21-18/h4-6,8-9,12-13H,3,7,10-11H2,1-2H3/t13-/m1/s1. The fourth-order valence-corrected chi connectivity index (χ4v) is 5.80. The first kappa shape index (κ1) is 17.5. The van der Waals surface area contributed by atoms with Crippen molar-refractivity contribution in [3.05, 3.63) is 47.1 Å². The van der Waals surface area contributed by atoms with E-state index in [-0.39, 0.29) is 11.2 Å². The Morgan fingerprint density at radius 1 is 1.27 bits per heavy atom. The molecule has 0 radical (unpaired) electrons. The highest BCUT2D eigenvalue weighted by Gasteiger charge is 2.26. The van der Waals surface area contributed by atoms with E-state index in [4.69, 9.17) is 0 Å². The average molecular weight is 384 g/mol. The second kappa shape index (κ2) is 7.37. The van der Waals surface area contributed by atoms with E-state index in [2.05, 4.69) is 9.97 Å². The number of nitrogens with zero attached hydrogens (tertiary/aromatic N) is 3. The summed E-state index contributed by atoms with van der Waals surface area (Å²) in [5, 5.41) is 1.92. The van der Waals surface area contributed by atoms with Crippen LogP contribution in [-0.4, -0.2) is 27.7 Å². The highest BCUT2D eigenvalue weighted by molar-refractivity contribution is 8.00. The quantitative estimate of drug-likeness (QED) is 0.473. The number of thioether (sulfide) groups is 1. The topological polar surface area (TPSA) is 46.1 Å². The Morgan fingerprint density at radius 3 is 2.85 bits per heavy atom. The second-order valence-electron chi connectivity index (χ2n) is 6.39. The SMILES string of the molecule is CCN(C(=O)[C@@H](C)Sc1ncnc2sc3c(c12)CCC3)c1ccccc1. The molecule has 0 aliphatic heterocycles. The first-order chi connectivity index (χ1) is 12.7. The van der Waals surface area contributed by atoms with Gasteiger partial charge >= 0.3 is 0 Å². The number of aromatic nitrogens is 2. The molecular weight excluding hydrogens is 362 g/mol. The van der Waals surface area contributed by atoms with E-state index in [1.807, 2.05) is 49.1 Å². The minimum Gasteiger partial charge on any atom is -0.312 e. The Kier molecular flexibility index (Phi) is 4.96. The van der Waals surface area contributed by atoms with Crippen molar-refractivity contribution in [2.24, 2.45) is 0 Å². The number of carbonyl (C=O) groups excluding carboxylic acids is 1. The van der Waals surface area contributed by atoms with E-state index >= 15 is 0 Å². The highest BCUT2D eigenvalue weighted by Crippen LogP contribution is 2.41.